The van der Waals surface area contributed by atoms with E-state index in [2.05, 4.69) is 30.8 Å². The Morgan fingerprint density at radius 1 is 1.00 bits per heavy atom. The van der Waals surface area contributed by atoms with Crippen LogP contribution in [0.1, 0.15) is 44.2 Å². The van der Waals surface area contributed by atoms with Crippen molar-refractivity contribution in [3.05, 3.63) is 48.0 Å². The Morgan fingerprint density at radius 3 is 1.96 bits per heavy atom. The minimum absolute atomic E-state index is 0.258. The second-order valence-electron chi connectivity index (χ2n) is 5.59. The third-order valence-electron chi connectivity index (χ3n) is 3.76. The summed E-state index contributed by atoms with van der Waals surface area (Å²) in [4.78, 5) is 23.9. The van der Waals surface area contributed by atoms with Crippen LogP contribution in [0, 0.1) is 5.92 Å². The molecule has 0 spiro atoms. The first kappa shape index (κ1) is 19.9. The molecule has 0 heterocycles. The number of ether oxygens (including phenoxy) is 2. The summed E-state index contributed by atoms with van der Waals surface area (Å²) in [6.07, 6.45) is 6.10. The van der Waals surface area contributed by atoms with Crippen LogP contribution in [0.4, 0.5) is 0 Å². The van der Waals surface area contributed by atoms with Crippen molar-refractivity contribution in [2.24, 2.45) is 5.92 Å². The molecule has 0 aromatic heterocycles. The van der Waals surface area contributed by atoms with Crippen molar-refractivity contribution in [3.8, 4) is 0 Å². The molecule has 24 heavy (non-hydrogen) atoms. The van der Waals surface area contributed by atoms with Gasteiger partial charge in [0.05, 0.1) is 13.2 Å². The Labute approximate surface area is 144 Å². The number of esters is 2. The van der Waals surface area contributed by atoms with Crippen LogP contribution in [0.25, 0.3) is 0 Å². The highest BCUT2D eigenvalue weighted by Gasteiger charge is 2.29. The van der Waals surface area contributed by atoms with Crippen molar-refractivity contribution in [1.82, 2.24) is 0 Å². The van der Waals surface area contributed by atoms with E-state index >= 15 is 0 Å². The van der Waals surface area contributed by atoms with Crippen molar-refractivity contribution in [2.45, 2.75) is 46.0 Å². The smallest absolute Gasteiger partial charge is 0.320 e. The van der Waals surface area contributed by atoms with E-state index in [-0.39, 0.29) is 13.2 Å². The summed E-state index contributed by atoms with van der Waals surface area (Å²) < 4.78 is 9.97. The molecule has 0 amide bonds. The average Bonchev–Trinajstić information content (AvgIpc) is 2.57. The second-order valence-corrected chi connectivity index (χ2v) is 5.59. The highest BCUT2D eigenvalue weighted by Crippen LogP contribution is 2.15. The largest absolute Gasteiger partial charge is 0.465 e. The van der Waals surface area contributed by atoms with Gasteiger partial charge < -0.3 is 9.47 Å². The van der Waals surface area contributed by atoms with Crippen LogP contribution >= 0.6 is 0 Å². The number of allylic oxidation sites excluding steroid dienone is 1. The molecule has 0 aliphatic heterocycles. The molecule has 1 aromatic carbocycles. The number of hydrogen-bond donors (Lipinski definition) is 0. The Hall–Kier alpha value is -2.10. The van der Waals surface area contributed by atoms with Crippen LogP contribution in [0.5, 0.6) is 0 Å². The molecule has 0 radical (unpaired) electrons. The van der Waals surface area contributed by atoms with Crippen LogP contribution < -0.4 is 0 Å². The Kier molecular flexibility index (Phi) is 9.51. The lowest BCUT2D eigenvalue weighted by atomic mass is 9.98. The summed E-state index contributed by atoms with van der Waals surface area (Å²) in [7, 11) is 0. The van der Waals surface area contributed by atoms with E-state index in [0.717, 1.165) is 24.8 Å². The molecule has 1 rings (SSSR count). The third kappa shape index (κ3) is 6.99. The first-order valence-electron chi connectivity index (χ1n) is 8.64. The van der Waals surface area contributed by atoms with Gasteiger partial charge in [0.15, 0.2) is 5.92 Å². The lowest BCUT2D eigenvalue weighted by molar-refractivity contribution is -0.161. The van der Waals surface area contributed by atoms with Crippen LogP contribution in [-0.2, 0) is 31.9 Å². The molecule has 0 aliphatic rings. The summed E-state index contributed by atoms with van der Waals surface area (Å²) in [5.41, 5.74) is 2.38. The highest BCUT2D eigenvalue weighted by atomic mass is 16.6. The molecule has 0 atom stereocenters. The zero-order valence-corrected chi connectivity index (χ0v) is 14.8. The van der Waals surface area contributed by atoms with Crippen LogP contribution in [0.2, 0.25) is 0 Å². The van der Waals surface area contributed by atoms with Gasteiger partial charge in [0.1, 0.15) is 0 Å². The van der Waals surface area contributed by atoms with Gasteiger partial charge in [-0.1, -0.05) is 30.3 Å². The first-order valence-corrected chi connectivity index (χ1v) is 8.64. The van der Waals surface area contributed by atoms with Crippen LogP contribution in [0.15, 0.2) is 36.9 Å². The molecular formula is C20H28O4. The van der Waals surface area contributed by atoms with E-state index in [1.54, 1.807) is 13.8 Å². The first-order chi connectivity index (χ1) is 11.6. The third-order valence-corrected chi connectivity index (χ3v) is 3.76. The Balaban J connectivity index is 2.60. The van der Waals surface area contributed by atoms with E-state index in [9.17, 15) is 9.59 Å². The minimum Gasteiger partial charge on any atom is -0.465 e. The van der Waals surface area contributed by atoms with E-state index in [0.29, 0.717) is 12.8 Å². The van der Waals surface area contributed by atoms with E-state index < -0.39 is 17.9 Å². The standard InChI is InChI=1S/C20H28O4/c1-4-7-8-9-16-10-12-17(13-11-16)14-15-18(19(21)23-5-2)20(22)24-6-3/h4,10-13,18H,1,5-9,14-15H2,2-3H3. The number of carbonyl (C=O) groups excluding carboxylic acids is 2. The fraction of sp³-hybridized carbons (Fsp3) is 0.500. The van der Waals surface area contributed by atoms with Crippen molar-refractivity contribution in [3.63, 3.8) is 0 Å². The number of unbranched alkanes of at least 4 members (excludes halogenated alkanes) is 1. The molecule has 0 bridgehead atoms. The van der Waals surface area contributed by atoms with E-state index in [4.69, 9.17) is 9.47 Å². The van der Waals surface area contributed by atoms with Gasteiger partial charge in [-0.15, -0.1) is 6.58 Å². The van der Waals surface area contributed by atoms with Crippen molar-refractivity contribution in [1.29, 1.82) is 0 Å². The van der Waals surface area contributed by atoms with Crippen molar-refractivity contribution < 1.29 is 19.1 Å². The Bertz CT molecular complexity index is 501. The molecule has 132 valence electrons. The second kappa shape index (κ2) is 11.4. The minimum atomic E-state index is -0.850. The molecule has 1 aromatic rings. The van der Waals surface area contributed by atoms with Gasteiger partial charge in [-0.3, -0.25) is 9.59 Å². The molecular weight excluding hydrogens is 304 g/mol. The number of benzene rings is 1. The summed E-state index contributed by atoms with van der Waals surface area (Å²) in [6, 6.07) is 8.30. The van der Waals surface area contributed by atoms with E-state index in [1.807, 2.05) is 6.08 Å². The number of hydrogen-bond acceptors (Lipinski definition) is 4. The number of carbonyl (C=O) groups is 2. The number of rotatable bonds is 11. The van der Waals surface area contributed by atoms with Crippen LogP contribution in [0.3, 0.4) is 0 Å². The summed E-state index contributed by atoms with van der Waals surface area (Å²) >= 11 is 0. The van der Waals surface area contributed by atoms with Gasteiger partial charge in [0, 0.05) is 0 Å². The van der Waals surface area contributed by atoms with Gasteiger partial charge in [-0.2, -0.15) is 0 Å². The monoisotopic (exact) mass is 332 g/mol. The van der Waals surface area contributed by atoms with E-state index in [1.165, 1.54) is 5.56 Å². The van der Waals surface area contributed by atoms with Gasteiger partial charge in [0.2, 0.25) is 0 Å². The molecule has 0 saturated heterocycles. The lowest BCUT2D eigenvalue weighted by Crippen LogP contribution is -2.28. The summed E-state index contributed by atoms with van der Waals surface area (Å²) in [5, 5.41) is 0. The molecule has 4 heteroatoms. The zero-order chi connectivity index (χ0) is 17.8. The van der Waals surface area contributed by atoms with Gasteiger partial charge >= 0.3 is 11.9 Å². The maximum absolute atomic E-state index is 12.0. The summed E-state index contributed by atoms with van der Waals surface area (Å²) in [5.74, 6) is -1.86. The quantitative estimate of drug-likeness (QED) is 0.267. The lowest BCUT2D eigenvalue weighted by Gasteiger charge is -2.14. The highest BCUT2D eigenvalue weighted by molar-refractivity contribution is 5.94. The van der Waals surface area contributed by atoms with Crippen molar-refractivity contribution >= 4 is 11.9 Å². The maximum atomic E-state index is 12.0. The SMILES string of the molecule is C=CCCCc1ccc(CCC(C(=O)OCC)C(=O)OCC)cc1. The predicted molar refractivity (Wildman–Crippen MR) is 94.7 cm³/mol. The van der Waals surface area contributed by atoms with Gasteiger partial charge in [-0.05, 0) is 57.1 Å². The normalized spacial score (nSPS) is 10.5. The maximum Gasteiger partial charge on any atom is 0.320 e. The summed E-state index contributed by atoms with van der Waals surface area (Å²) in [6.45, 7) is 7.70. The molecule has 0 N–H and O–H groups in total. The van der Waals surface area contributed by atoms with Gasteiger partial charge in [0.25, 0.3) is 0 Å². The molecule has 0 fully saturated rings. The molecule has 0 unspecified atom stereocenters. The molecule has 4 nitrogen and oxygen atoms in total. The molecule has 0 saturated carbocycles. The fourth-order valence-electron chi connectivity index (χ4n) is 2.45. The predicted octanol–water partition coefficient (Wildman–Crippen LogP) is 3.87. The van der Waals surface area contributed by atoms with Gasteiger partial charge in [-0.25, -0.2) is 0 Å². The average molecular weight is 332 g/mol. The van der Waals surface area contributed by atoms with Crippen molar-refractivity contribution in [2.75, 3.05) is 13.2 Å². The fourth-order valence-corrected chi connectivity index (χ4v) is 2.45. The molecule has 0 aliphatic carbocycles. The Morgan fingerprint density at radius 2 is 1.50 bits per heavy atom. The van der Waals surface area contributed by atoms with Crippen LogP contribution in [-0.4, -0.2) is 25.2 Å². The number of aryl methyl sites for hydroxylation is 2. The topological polar surface area (TPSA) is 52.6 Å². The zero-order valence-electron chi connectivity index (χ0n) is 14.8.